The monoisotopic (exact) mass is 267 g/mol. The smallest absolute Gasteiger partial charge is 0.348 e. The highest BCUT2D eigenvalue weighted by atomic mass is 16.5. The van der Waals surface area contributed by atoms with E-state index in [9.17, 15) is 4.79 Å². The van der Waals surface area contributed by atoms with Gasteiger partial charge in [-0.2, -0.15) is 5.26 Å². The standard InChI is InChI=1S/C15H25NO3/c1-4-6-7-10-18-11-8-9-13(3)14(12-16)15(17)19-5-2/h4-11H2,1-3H3. The second-order valence-electron chi connectivity index (χ2n) is 4.41. The number of nitriles is 1. The van der Waals surface area contributed by atoms with Gasteiger partial charge in [0.2, 0.25) is 0 Å². The first kappa shape index (κ1) is 17.7. The first-order valence-corrected chi connectivity index (χ1v) is 7.02. The van der Waals surface area contributed by atoms with Crippen LogP contribution in [0.1, 0.15) is 52.9 Å². The number of esters is 1. The van der Waals surface area contributed by atoms with E-state index < -0.39 is 5.97 Å². The normalized spacial score (nSPS) is 11.7. The number of allylic oxidation sites excluding steroid dienone is 1. The minimum Gasteiger partial charge on any atom is -0.462 e. The lowest BCUT2D eigenvalue weighted by molar-refractivity contribution is -0.138. The van der Waals surface area contributed by atoms with Crippen LogP contribution in [-0.4, -0.2) is 25.8 Å². The second kappa shape index (κ2) is 11.7. The fraction of sp³-hybridized carbons (Fsp3) is 0.733. The molecule has 0 heterocycles. The number of nitrogens with zero attached hydrogens (tertiary/aromatic N) is 1. The van der Waals surface area contributed by atoms with Crippen LogP contribution in [0.4, 0.5) is 0 Å². The highest BCUT2D eigenvalue weighted by molar-refractivity contribution is 5.93. The van der Waals surface area contributed by atoms with E-state index in [2.05, 4.69) is 6.92 Å². The van der Waals surface area contributed by atoms with Crippen molar-refractivity contribution in [2.75, 3.05) is 19.8 Å². The van der Waals surface area contributed by atoms with Gasteiger partial charge in [0.1, 0.15) is 11.6 Å². The summed E-state index contributed by atoms with van der Waals surface area (Å²) < 4.78 is 10.3. The average Bonchev–Trinajstić information content (AvgIpc) is 2.39. The van der Waals surface area contributed by atoms with Crippen LogP contribution in [0.5, 0.6) is 0 Å². The van der Waals surface area contributed by atoms with Gasteiger partial charge in [0.15, 0.2) is 0 Å². The van der Waals surface area contributed by atoms with E-state index in [0.717, 1.165) is 25.0 Å². The largest absolute Gasteiger partial charge is 0.462 e. The van der Waals surface area contributed by atoms with Crippen molar-refractivity contribution in [3.63, 3.8) is 0 Å². The Morgan fingerprint density at radius 1 is 1.16 bits per heavy atom. The zero-order valence-corrected chi connectivity index (χ0v) is 12.3. The molecule has 108 valence electrons. The zero-order chi connectivity index (χ0) is 14.5. The number of unbranched alkanes of at least 4 members (excludes halogenated alkanes) is 2. The summed E-state index contributed by atoms with van der Waals surface area (Å²) in [6.07, 6.45) is 4.99. The number of hydrogen-bond donors (Lipinski definition) is 0. The molecule has 0 amide bonds. The van der Waals surface area contributed by atoms with Crippen LogP contribution < -0.4 is 0 Å². The minimum absolute atomic E-state index is 0.132. The third-order valence-corrected chi connectivity index (χ3v) is 2.75. The molecule has 0 rings (SSSR count). The molecule has 0 saturated heterocycles. The molecule has 0 aliphatic carbocycles. The van der Waals surface area contributed by atoms with E-state index in [0.29, 0.717) is 13.0 Å². The number of rotatable bonds is 10. The maximum Gasteiger partial charge on any atom is 0.348 e. The van der Waals surface area contributed by atoms with Crippen molar-refractivity contribution >= 4 is 5.97 Å². The summed E-state index contributed by atoms with van der Waals surface area (Å²) in [5.74, 6) is -0.522. The number of carbonyl (C=O) groups excluding carboxylic acids is 1. The Bertz CT molecular complexity index is 329. The van der Waals surface area contributed by atoms with Gasteiger partial charge in [0, 0.05) is 13.2 Å². The molecule has 0 radical (unpaired) electrons. The predicted molar refractivity (Wildman–Crippen MR) is 74.5 cm³/mol. The summed E-state index contributed by atoms with van der Waals surface area (Å²) in [4.78, 5) is 11.5. The molecule has 4 nitrogen and oxygen atoms in total. The zero-order valence-electron chi connectivity index (χ0n) is 12.3. The predicted octanol–water partition coefficient (Wildman–Crippen LogP) is 3.38. The Morgan fingerprint density at radius 3 is 2.42 bits per heavy atom. The molecule has 0 N–H and O–H groups in total. The molecule has 0 unspecified atom stereocenters. The summed E-state index contributed by atoms with van der Waals surface area (Å²) in [5, 5.41) is 8.95. The first-order valence-electron chi connectivity index (χ1n) is 7.02. The fourth-order valence-electron chi connectivity index (χ4n) is 1.64. The summed E-state index contributed by atoms with van der Waals surface area (Å²) in [6, 6.07) is 1.92. The van der Waals surface area contributed by atoms with Crippen molar-refractivity contribution in [1.82, 2.24) is 0 Å². The molecule has 0 bridgehead atoms. The Hall–Kier alpha value is -1.34. The van der Waals surface area contributed by atoms with Crippen LogP contribution in [0.3, 0.4) is 0 Å². The summed E-state index contributed by atoms with van der Waals surface area (Å²) in [5.41, 5.74) is 0.908. The van der Waals surface area contributed by atoms with E-state index in [-0.39, 0.29) is 12.2 Å². The van der Waals surface area contributed by atoms with Gasteiger partial charge in [-0.3, -0.25) is 0 Å². The quantitative estimate of drug-likeness (QED) is 0.263. The molecule has 0 aliphatic rings. The number of hydrogen-bond acceptors (Lipinski definition) is 4. The fourth-order valence-corrected chi connectivity index (χ4v) is 1.64. The molecular formula is C15H25NO3. The summed E-state index contributed by atoms with van der Waals surface area (Å²) in [6.45, 7) is 7.44. The molecule has 0 aliphatic heterocycles. The van der Waals surface area contributed by atoms with Gasteiger partial charge in [-0.1, -0.05) is 19.8 Å². The van der Waals surface area contributed by atoms with Gasteiger partial charge in [0.05, 0.1) is 6.61 Å². The maximum atomic E-state index is 11.5. The lowest BCUT2D eigenvalue weighted by atomic mass is 10.1. The van der Waals surface area contributed by atoms with Crippen molar-refractivity contribution in [2.24, 2.45) is 0 Å². The van der Waals surface area contributed by atoms with Crippen molar-refractivity contribution < 1.29 is 14.3 Å². The van der Waals surface area contributed by atoms with Gasteiger partial charge >= 0.3 is 5.97 Å². The molecule has 4 heteroatoms. The van der Waals surface area contributed by atoms with Gasteiger partial charge < -0.3 is 9.47 Å². The van der Waals surface area contributed by atoms with E-state index >= 15 is 0 Å². The van der Waals surface area contributed by atoms with Crippen LogP contribution in [0.25, 0.3) is 0 Å². The average molecular weight is 267 g/mol. The molecule has 19 heavy (non-hydrogen) atoms. The molecule has 0 aromatic carbocycles. The van der Waals surface area contributed by atoms with E-state index in [1.54, 1.807) is 13.8 Å². The van der Waals surface area contributed by atoms with Gasteiger partial charge in [-0.15, -0.1) is 0 Å². The van der Waals surface area contributed by atoms with Gasteiger partial charge in [-0.05, 0) is 38.7 Å². The van der Waals surface area contributed by atoms with Crippen molar-refractivity contribution in [3.05, 3.63) is 11.1 Å². The minimum atomic E-state index is -0.522. The number of carbonyl (C=O) groups is 1. The Morgan fingerprint density at radius 2 is 1.84 bits per heavy atom. The molecular weight excluding hydrogens is 242 g/mol. The SMILES string of the molecule is CCCCCOCCCC(C)=C(C#N)C(=O)OCC. The second-order valence-corrected chi connectivity index (χ2v) is 4.41. The van der Waals surface area contributed by atoms with Crippen molar-refractivity contribution in [2.45, 2.75) is 52.9 Å². The highest BCUT2D eigenvalue weighted by Gasteiger charge is 2.13. The topological polar surface area (TPSA) is 59.3 Å². The van der Waals surface area contributed by atoms with Crippen LogP contribution in [-0.2, 0) is 14.3 Å². The van der Waals surface area contributed by atoms with Gasteiger partial charge in [0.25, 0.3) is 0 Å². The molecule has 0 spiro atoms. The third kappa shape index (κ3) is 8.39. The Balaban J connectivity index is 3.96. The van der Waals surface area contributed by atoms with Gasteiger partial charge in [-0.25, -0.2) is 4.79 Å². The van der Waals surface area contributed by atoms with Crippen LogP contribution in [0.2, 0.25) is 0 Å². The molecule has 0 aromatic rings. The molecule has 0 saturated carbocycles. The first-order chi connectivity index (χ1) is 9.17. The summed E-state index contributed by atoms with van der Waals surface area (Å²) >= 11 is 0. The third-order valence-electron chi connectivity index (χ3n) is 2.75. The van der Waals surface area contributed by atoms with E-state index in [4.69, 9.17) is 14.7 Å². The maximum absolute atomic E-state index is 11.5. The van der Waals surface area contributed by atoms with E-state index in [1.165, 1.54) is 12.8 Å². The van der Waals surface area contributed by atoms with Crippen LogP contribution >= 0.6 is 0 Å². The lowest BCUT2D eigenvalue weighted by Gasteiger charge is -2.06. The van der Waals surface area contributed by atoms with Crippen molar-refractivity contribution in [1.29, 1.82) is 5.26 Å². The number of ether oxygens (including phenoxy) is 2. The van der Waals surface area contributed by atoms with E-state index in [1.807, 2.05) is 6.07 Å². The highest BCUT2D eigenvalue weighted by Crippen LogP contribution is 2.12. The molecule has 0 atom stereocenters. The summed E-state index contributed by atoms with van der Waals surface area (Å²) in [7, 11) is 0. The van der Waals surface area contributed by atoms with Crippen LogP contribution in [0, 0.1) is 11.3 Å². The molecule has 0 fully saturated rings. The lowest BCUT2D eigenvalue weighted by Crippen LogP contribution is -2.08. The Labute approximate surface area is 116 Å². The Kier molecular flexibility index (Phi) is 10.9. The van der Waals surface area contributed by atoms with Crippen molar-refractivity contribution in [3.8, 4) is 6.07 Å². The van der Waals surface area contributed by atoms with Crippen LogP contribution in [0.15, 0.2) is 11.1 Å². The molecule has 0 aromatic heterocycles.